The van der Waals surface area contributed by atoms with E-state index in [1.54, 1.807) is 0 Å². The summed E-state index contributed by atoms with van der Waals surface area (Å²) in [6, 6.07) is 4.04. The van der Waals surface area contributed by atoms with Crippen LogP contribution < -0.4 is 51.4 Å². The molecule has 0 saturated carbocycles. The molecule has 1 aromatic carbocycles. The Morgan fingerprint density at radius 1 is 1.29 bits per heavy atom. The van der Waals surface area contributed by atoms with Gasteiger partial charge >= 0.3 is 57.4 Å². The van der Waals surface area contributed by atoms with Crippen molar-refractivity contribution < 1.29 is 72.6 Å². The van der Waals surface area contributed by atoms with Gasteiger partial charge in [0, 0.05) is 0 Å². The Bertz CT molecular complexity index is 346. The molecule has 0 spiro atoms. The third kappa shape index (κ3) is 2.89. The second-order valence-corrected chi connectivity index (χ2v) is 2.56. The third-order valence-corrected chi connectivity index (χ3v) is 1.65. The monoisotopic (exact) mass is 220 g/mol. The van der Waals surface area contributed by atoms with Gasteiger partial charge in [-0.25, -0.2) is 4.79 Å². The maximum atomic E-state index is 10.9. The molecule has 14 heavy (non-hydrogen) atoms. The summed E-state index contributed by atoms with van der Waals surface area (Å²) in [4.78, 5) is 21.4. The first-order valence-electron chi connectivity index (χ1n) is 3.60. The molecule has 1 rings (SSSR count). The van der Waals surface area contributed by atoms with Crippen LogP contribution in [0, 0.1) is 0 Å². The Labute approximate surface area is 125 Å². The maximum absolute atomic E-state index is 10.9. The number of carboxylic acids is 1. The predicted octanol–water partition coefficient (Wildman–Crippen LogP) is -1.59. The van der Waals surface area contributed by atoms with E-state index in [1.807, 2.05) is 0 Å². The second kappa shape index (κ2) is 5.62. The smallest absolute Gasteiger partial charge is 1.00 e. The van der Waals surface area contributed by atoms with Gasteiger partial charge in [-0.15, -0.1) is 0 Å². The van der Waals surface area contributed by atoms with Crippen LogP contribution in [0.3, 0.4) is 0 Å². The van der Waals surface area contributed by atoms with Gasteiger partial charge in [-0.1, -0.05) is 6.07 Å². The van der Waals surface area contributed by atoms with Crippen LogP contribution in [-0.2, 0) is 0 Å². The molecule has 70 valence electrons. The van der Waals surface area contributed by atoms with E-state index >= 15 is 0 Å². The molecule has 2 N–H and O–H groups in total. The molecule has 0 unspecified atom stereocenters. The summed E-state index contributed by atoms with van der Waals surface area (Å²) < 4.78 is 0. The van der Waals surface area contributed by atoms with Crippen LogP contribution in [0.5, 0.6) is 5.75 Å². The number of carbonyl (C=O) groups is 2. The summed E-state index contributed by atoms with van der Waals surface area (Å²) >= 11 is 0. The Balaban J connectivity index is 0. The zero-order chi connectivity index (χ0) is 10.0. The van der Waals surface area contributed by atoms with E-state index < -0.39 is 11.7 Å². The van der Waals surface area contributed by atoms with Gasteiger partial charge in [0.15, 0.2) is 5.78 Å². The average molecular weight is 220 g/mol. The minimum absolute atomic E-state index is 0. The second-order valence-electron chi connectivity index (χ2n) is 2.56. The summed E-state index contributed by atoms with van der Waals surface area (Å²) in [6.45, 7) is 1.26. The van der Waals surface area contributed by atoms with Crippen LogP contribution in [-0.4, -0.2) is 22.0 Å². The van der Waals surface area contributed by atoms with Crippen molar-refractivity contribution in [2.45, 2.75) is 6.92 Å². The number of aromatic carboxylic acids is 1. The van der Waals surface area contributed by atoms with Crippen molar-refractivity contribution in [1.29, 1.82) is 0 Å². The number of carbonyl (C=O) groups excluding carboxylic acids is 1. The fourth-order valence-electron chi connectivity index (χ4n) is 1.00. The van der Waals surface area contributed by atoms with Crippen molar-refractivity contribution in [3.05, 3.63) is 29.3 Å². The van der Waals surface area contributed by atoms with E-state index in [4.69, 9.17) is 5.11 Å². The van der Waals surface area contributed by atoms with E-state index in [0.717, 1.165) is 0 Å². The van der Waals surface area contributed by atoms with Gasteiger partial charge in [0.25, 0.3) is 0 Å². The Kier molecular flexibility index (Phi) is 5.54. The molecule has 0 aromatic heterocycles. The average Bonchev–Trinajstić information content (AvgIpc) is 2.03. The molecule has 0 aliphatic carbocycles. The molecule has 0 atom stereocenters. The fraction of sp³-hybridized carbons (Fsp3) is 0.111. The number of hydrogen-bond donors (Lipinski definition) is 2. The molecule has 5 heteroatoms. The molecular weight excluding hydrogens is 211 g/mol. The van der Waals surface area contributed by atoms with Crippen molar-refractivity contribution >= 4 is 11.8 Å². The predicted molar refractivity (Wildman–Crippen MR) is 46.2 cm³/mol. The van der Waals surface area contributed by atoms with Crippen LogP contribution in [0.15, 0.2) is 18.2 Å². The van der Waals surface area contributed by atoms with Crippen molar-refractivity contribution in [2.75, 3.05) is 0 Å². The Morgan fingerprint density at radius 2 is 1.79 bits per heavy atom. The maximum Gasteiger partial charge on any atom is 1.00 e. The standard InChI is InChI=1S/C9H8O4.K.H/c1-5(10)6-3-2-4-7(8(6)11)9(12)13;;/h2-4,11H,1H3,(H,12,13);;/q;+1;-1. The van der Waals surface area contributed by atoms with E-state index in [0.29, 0.717) is 0 Å². The minimum Gasteiger partial charge on any atom is -1.00 e. The van der Waals surface area contributed by atoms with Gasteiger partial charge in [-0.3, -0.25) is 4.79 Å². The number of hydrogen-bond acceptors (Lipinski definition) is 3. The SMILES string of the molecule is CC(=O)c1cccc(C(=O)O)c1O.[H-].[K+]. The van der Waals surface area contributed by atoms with Gasteiger partial charge in [0.05, 0.1) is 5.56 Å². The van der Waals surface area contributed by atoms with E-state index in [2.05, 4.69) is 0 Å². The van der Waals surface area contributed by atoms with Gasteiger partial charge < -0.3 is 11.6 Å². The van der Waals surface area contributed by atoms with Crippen molar-refractivity contribution in [1.82, 2.24) is 0 Å². The zero-order valence-electron chi connectivity index (χ0n) is 8.94. The number of rotatable bonds is 2. The molecule has 0 fully saturated rings. The molecular formula is C9H9KO4. The summed E-state index contributed by atoms with van der Waals surface area (Å²) in [5.41, 5.74) is -0.229. The van der Waals surface area contributed by atoms with Crippen LogP contribution in [0.4, 0.5) is 0 Å². The number of Topliss-reactive ketones (excluding diaryl/α,β-unsaturated/α-hetero) is 1. The largest absolute Gasteiger partial charge is 1.00 e. The van der Waals surface area contributed by atoms with Crippen molar-refractivity contribution in [3.8, 4) is 5.75 Å². The van der Waals surface area contributed by atoms with Crippen LogP contribution in [0.2, 0.25) is 0 Å². The van der Waals surface area contributed by atoms with Gasteiger partial charge in [-0.2, -0.15) is 0 Å². The first-order chi connectivity index (χ1) is 6.04. The van der Waals surface area contributed by atoms with Crippen LogP contribution in [0.1, 0.15) is 29.1 Å². The van der Waals surface area contributed by atoms with Gasteiger partial charge in [0.1, 0.15) is 11.3 Å². The number of para-hydroxylation sites is 1. The van der Waals surface area contributed by atoms with Crippen LogP contribution >= 0.6 is 0 Å². The first-order valence-corrected chi connectivity index (χ1v) is 3.60. The zero-order valence-corrected chi connectivity index (χ0v) is 11.1. The normalized spacial score (nSPS) is 8.93. The molecule has 0 heterocycles. The summed E-state index contributed by atoms with van der Waals surface area (Å²) in [5, 5.41) is 17.9. The summed E-state index contributed by atoms with van der Waals surface area (Å²) in [5.74, 6) is -2.08. The van der Waals surface area contributed by atoms with E-state index in [1.165, 1.54) is 25.1 Å². The van der Waals surface area contributed by atoms with Crippen molar-refractivity contribution in [3.63, 3.8) is 0 Å². The number of phenols is 1. The summed E-state index contributed by atoms with van der Waals surface area (Å²) in [7, 11) is 0. The molecule has 0 radical (unpaired) electrons. The topological polar surface area (TPSA) is 74.6 Å². The molecule has 1 aromatic rings. The number of carboxylic acid groups (broad SMARTS) is 1. The molecule has 0 aliphatic rings. The third-order valence-electron chi connectivity index (χ3n) is 1.65. The number of benzene rings is 1. The van der Waals surface area contributed by atoms with E-state index in [-0.39, 0.29) is 69.7 Å². The van der Waals surface area contributed by atoms with Crippen LogP contribution in [0.25, 0.3) is 0 Å². The number of aromatic hydroxyl groups is 1. The number of ketones is 1. The molecule has 4 nitrogen and oxygen atoms in total. The molecule has 0 bridgehead atoms. The van der Waals surface area contributed by atoms with E-state index in [9.17, 15) is 14.7 Å². The quantitative estimate of drug-likeness (QED) is 0.465. The van der Waals surface area contributed by atoms with Gasteiger partial charge in [-0.05, 0) is 19.1 Å². The van der Waals surface area contributed by atoms with Crippen molar-refractivity contribution in [2.24, 2.45) is 0 Å². The molecule has 0 aliphatic heterocycles. The molecule has 0 amide bonds. The minimum atomic E-state index is -1.25. The van der Waals surface area contributed by atoms with Gasteiger partial charge in [0.2, 0.25) is 0 Å². The Morgan fingerprint density at radius 3 is 2.21 bits per heavy atom. The summed E-state index contributed by atoms with van der Waals surface area (Å²) in [6.07, 6.45) is 0. The first kappa shape index (κ1) is 13.8. The Hall–Kier alpha value is -0.204. The molecule has 0 saturated heterocycles. The fourth-order valence-corrected chi connectivity index (χ4v) is 1.00.